The van der Waals surface area contributed by atoms with Crippen LogP contribution < -0.4 is 10.1 Å². The number of thioether (sulfide) groups is 1. The van der Waals surface area contributed by atoms with E-state index in [-0.39, 0.29) is 5.91 Å². The number of para-hydroxylation sites is 1. The van der Waals surface area contributed by atoms with Crippen molar-refractivity contribution >= 4 is 40.6 Å². The molecular weight excluding hydrogens is 424 g/mol. The second-order valence-corrected chi connectivity index (χ2v) is 9.98. The molecule has 158 valence electrons. The van der Waals surface area contributed by atoms with Gasteiger partial charge in [0, 0.05) is 29.3 Å². The van der Waals surface area contributed by atoms with Gasteiger partial charge >= 0.3 is 0 Å². The van der Waals surface area contributed by atoms with E-state index < -0.39 is 0 Å². The van der Waals surface area contributed by atoms with Gasteiger partial charge in [0.05, 0.1) is 16.7 Å². The van der Waals surface area contributed by atoms with Gasteiger partial charge in [-0.1, -0.05) is 36.2 Å². The lowest BCUT2D eigenvalue weighted by Gasteiger charge is -2.27. The molecule has 0 unspecified atom stereocenters. The number of hydrogen-bond donors (Lipinski definition) is 1. The fourth-order valence-corrected chi connectivity index (χ4v) is 5.40. The second-order valence-electron chi connectivity index (χ2n) is 7.20. The zero-order valence-corrected chi connectivity index (χ0v) is 19.1. The topological polar surface area (TPSA) is 41.6 Å². The summed E-state index contributed by atoms with van der Waals surface area (Å²) in [7, 11) is 0. The van der Waals surface area contributed by atoms with E-state index in [1.807, 2.05) is 24.3 Å². The number of rotatable bonds is 11. The molecule has 29 heavy (non-hydrogen) atoms. The minimum absolute atomic E-state index is 0.0724. The summed E-state index contributed by atoms with van der Waals surface area (Å²) in [6.07, 6.45) is 4.74. The number of likely N-dealkylation sites (tertiary alicyclic amines) is 1. The van der Waals surface area contributed by atoms with Crippen LogP contribution in [-0.2, 0) is 17.1 Å². The average molecular weight is 453 g/mol. The SMILES string of the molecule is O=C(CSCc1ccc(Cl)s1)NCCCOc1ccccc1CN1CCCCC1. The number of nitrogens with zero attached hydrogens (tertiary/aromatic N) is 1. The third-order valence-electron chi connectivity index (χ3n) is 4.82. The van der Waals surface area contributed by atoms with E-state index in [4.69, 9.17) is 16.3 Å². The van der Waals surface area contributed by atoms with E-state index in [1.165, 1.54) is 42.8 Å². The summed E-state index contributed by atoms with van der Waals surface area (Å²) in [6, 6.07) is 12.2. The van der Waals surface area contributed by atoms with Crippen molar-refractivity contribution in [2.75, 3.05) is 32.0 Å². The highest BCUT2D eigenvalue weighted by Crippen LogP contribution is 2.25. The Bertz CT molecular complexity index is 763. The largest absolute Gasteiger partial charge is 0.493 e. The number of piperidine rings is 1. The Morgan fingerprint density at radius 3 is 2.79 bits per heavy atom. The van der Waals surface area contributed by atoms with E-state index in [9.17, 15) is 4.79 Å². The molecule has 1 aromatic heterocycles. The lowest BCUT2D eigenvalue weighted by atomic mass is 10.1. The number of benzene rings is 1. The van der Waals surface area contributed by atoms with Crippen molar-refractivity contribution in [2.24, 2.45) is 0 Å². The molecule has 1 amide bonds. The van der Waals surface area contributed by atoms with Crippen LogP contribution in [0.25, 0.3) is 0 Å². The summed E-state index contributed by atoms with van der Waals surface area (Å²) < 4.78 is 6.80. The maximum Gasteiger partial charge on any atom is 0.230 e. The molecule has 0 aliphatic carbocycles. The number of ether oxygens (including phenoxy) is 1. The van der Waals surface area contributed by atoms with Gasteiger partial charge in [-0.2, -0.15) is 0 Å². The molecule has 1 N–H and O–H groups in total. The first kappa shape index (κ1) is 22.5. The molecule has 0 atom stereocenters. The molecule has 2 heterocycles. The van der Waals surface area contributed by atoms with Crippen molar-refractivity contribution in [3.05, 3.63) is 51.2 Å². The Kier molecular flexibility index (Phi) is 9.67. The maximum atomic E-state index is 11.9. The molecule has 1 aliphatic heterocycles. The standard InChI is InChI=1S/C22H29ClN2O2S2/c23-21-10-9-19(29-21)16-28-17-22(26)24-11-6-14-27-20-8-3-2-7-18(20)15-25-12-4-1-5-13-25/h2-3,7-10H,1,4-6,11-17H2,(H,24,26). The lowest BCUT2D eigenvalue weighted by molar-refractivity contribution is -0.118. The Hall–Kier alpha value is -1.21. The van der Waals surface area contributed by atoms with Crippen LogP contribution in [0, 0.1) is 0 Å². The van der Waals surface area contributed by atoms with Crippen molar-refractivity contribution in [3.8, 4) is 5.75 Å². The number of halogens is 1. The highest BCUT2D eigenvalue weighted by atomic mass is 35.5. The lowest BCUT2D eigenvalue weighted by Crippen LogP contribution is -2.29. The number of carbonyl (C=O) groups excluding carboxylic acids is 1. The molecule has 2 aromatic rings. The van der Waals surface area contributed by atoms with E-state index in [0.717, 1.165) is 28.8 Å². The molecular formula is C22H29ClN2O2S2. The minimum Gasteiger partial charge on any atom is -0.493 e. The molecule has 0 radical (unpaired) electrons. The van der Waals surface area contributed by atoms with E-state index in [0.29, 0.717) is 18.9 Å². The van der Waals surface area contributed by atoms with Crippen LogP contribution in [0.2, 0.25) is 4.34 Å². The van der Waals surface area contributed by atoms with Crippen LogP contribution in [0.15, 0.2) is 36.4 Å². The fourth-order valence-electron chi connectivity index (χ4n) is 3.34. The zero-order valence-electron chi connectivity index (χ0n) is 16.7. The Morgan fingerprint density at radius 2 is 2.00 bits per heavy atom. The van der Waals surface area contributed by atoms with Gasteiger partial charge in [0.15, 0.2) is 0 Å². The Morgan fingerprint density at radius 1 is 1.17 bits per heavy atom. The first-order valence-corrected chi connectivity index (χ1v) is 12.6. The molecule has 0 bridgehead atoms. The van der Waals surface area contributed by atoms with Crippen LogP contribution in [-0.4, -0.2) is 42.8 Å². The first-order chi connectivity index (χ1) is 14.2. The van der Waals surface area contributed by atoms with Crippen molar-refractivity contribution in [2.45, 2.75) is 38.0 Å². The Balaban J connectivity index is 1.29. The predicted molar refractivity (Wildman–Crippen MR) is 124 cm³/mol. The van der Waals surface area contributed by atoms with Gasteiger partial charge in [-0.15, -0.1) is 23.1 Å². The van der Waals surface area contributed by atoms with Crippen LogP contribution in [0.4, 0.5) is 0 Å². The van der Waals surface area contributed by atoms with Gasteiger partial charge in [-0.25, -0.2) is 0 Å². The minimum atomic E-state index is 0.0724. The van der Waals surface area contributed by atoms with Crippen LogP contribution in [0.3, 0.4) is 0 Å². The number of amides is 1. The first-order valence-electron chi connectivity index (χ1n) is 10.2. The molecule has 1 aliphatic rings. The summed E-state index contributed by atoms with van der Waals surface area (Å²) in [6.45, 7) is 4.56. The summed E-state index contributed by atoms with van der Waals surface area (Å²) >= 11 is 9.10. The van der Waals surface area contributed by atoms with Crippen LogP contribution in [0.5, 0.6) is 5.75 Å². The fraction of sp³-hybridized carbons (Fsp3) is 0.500. The molecule has 1 fully saturated rings. The zero-order chi connectivity index (χ0) is 20.3. The number of carbonyl (C=O) groups is 1. The van der Waals surface area contributed by atoms with E-state index in [2.05, 4.69) is 22.3 Å². The van der Waals surface area contributed by atoms with Gasteiger partial charge in [0.1, 0.15) is 5.75 Å². The number of nitrogens with one attached hydrogen (secondary N) is 1. The quantitative estimate of drug-likeness (QED) is 0.475. The van der Waals surface area contributed by atoms with Gasteiger partial charge in [0.25, 0.3) is 0 Å². The Labute approximate surface area is 187 Å². The molecule has 0 spiro atoms. The molecule has 7 heteroatoms. The van der Waals surface area contributed by atoms with Crippen molar-refractivity contribution < 1.29 is 9.53 Å². The van der Waals surface area contributed by atoms with Gasteiger partial charge in [-0.3, -0.25) is 9.69 Å². The van der Waals surface area contributed by atoms with Crippen molar-refractivity contribution in [1.29, 1.82) is 0 Å². The average Bonchev–Trinajstić information content (AvgIpc) is 3.15. The molecule has 0 saturated carbocycles. The van der Waals surface area contributed by atoms with Gasteiger partial charge in [-0.05, 0) is 50.6 Å². The van der Waals surface area contributed by atoms with Crippen molar-refractivity contribution in [1.82, 2.24) is 10.2 Å². The van der Waals surface area contributed by atoms with E-state index >= 15 is 0 Å². The normalized spacial score (nSPS) is 14.7. The number of thiophene rings is 1. The van der Waals surface area contributed by atoms with Crippen LogP contribution >= 0.6 is 34.7 Å². The molecule has 4 nitrogen and oxygen atoms in total. The highest BCUT2D eigenvalue weighted by Gasteiger charge is 2.13. The predicted octanol–water partition coefficient (Wildman–Crippen LogP) is 5.21. The summed E-state index contributed by atoms with van der Waals surface area (Å²) in [5.41, 5.74) is 1.25. The molecule has 1 aromatic carbocycles. The monoisotopic (exact) mass is 452 g/mol. The summed E-state index contributed by atoms with van der Waals surface area (Å²) in [5.74, 6) is 2.33. The van der Waals surface area contributed by atoms with Crippen molar-refractivity contribution in [3.63, 3.8) is 0 Å². The summed E-state index contributed by atoms with van der Waals surface area (Å²) in [5, 5.41) is 2.97. The number of hydrogen-bond acceptors (Lipinski definition) is 5. The third kappa shape index (κ3) is 8.21. The van der Waals surface area contributed by atoms with Gasteiger partial charge in [0.2, 0.25) is 5.91 Å². The smallest absolute Gasteiger partial charge is 0.230 e. The third-order valence-corrected chi connectivity index (χ3v) is 7.22. The second kappa shape index (κ2) is 12.5. The van der Waals surface area contributed by atoms with E-state index in [1.54, 1.807) is 23.1 Å². The van der Waals surface area contributed by atoms with Gasteiger partial charge < -0.3 is 10.1 Å². The summed E-state index contributed by atoms with van der Waals surface area (Å²) in [4.78, 5) is 15.7. The molecule has 3 rings (SSSR count). The molecule has 1 saturated heterocycles. The van der Waals surface area contributed by atoms with Crippen LogP contribution in [0.1, 0.15) is 36.1 Å². The highest BCUT2D eigenvalue weighted by molar-refractivity contribution is 7.99. The maximum absolute atomic E-state index is 11.9.